The number of hydrogen-bond acceptors (Lipinski definition) is 3. The minimum Gasteiger partial charge on any atom is -0.479 e. The first-order chi connectivity index (χ1) is 9.95. The predicted octanol–water partition coefficient (Wildman–Crippen LogP) is 3.10. The van der Waals surface area contributed by atoms with Crippen LogP contribution in [0.1, 0.15) is 33.3 Å². The minimum atomic E-state index is -0.521. The van der Waals surface area contributed by atoms with Crippen molar-refractivity contribution in [3.8, 4) is 5.75 Å². The number of amides is 1. The molecule has 1 amide bonds. The van der Waals surface area contributed by atoms with Gasteiger partial charge in [-0.15, -0.1) is 0 Å². The van der Waals surface area contributed by atoms with Crippen LogP contribution in [0.4, 0.5) is 0 Å². The van der Waals surface area contributed by atoms with E-state index in [0.29, 0.717) is 12.5 Å². The van der Waals surface area contributed by atoms with Crippen molar-refractivity contribution >= 4 is 21.8 Å². The number of carbonyl (C=O) groups is 1. The van der Waals surface area contributed by atoms with Gasteiger partial charge in [-0.05, 0) is 48.3 Å². The summed E-state index contributed by atoms with van der Waals surface area (Å²) in [6.07, 6.45) is -0.521. The van der Waals surface area contributed by atoms with E-state index in [4.69, 9.17) is 4.74 Å². The number of hydrogen-bond donors (Lipinski definition) is 2. The summed E-state index contributed by atoms with van der Waals surface area (Å²) in [5.41, 5.74) is 1.04. The highest BCUT2D eigenvalue weighted by Gasteiger charge is 2.17. The maximum absolute atomic E-state index is 11.8. The molecule has 0 aliphatic rings. The third kappa shape index (κ3) is 6.06. The second-order valence-corrected chi connectivity index (χ2v) is 6.26. The van der Waals surface area contributed by atoms with E-state index in [1.807, 2.05) is 25.1 Å². The van der Waals surface area contributed by atoms with Crippen LogP contribution < -0.4 is 15.4 Å². The first kappa shape index (κ1) is 18.0. The lowest BCUT2D eigenvalue weighted by atomic mass is 10.1. The van der Waals surface area contributed by atoms with E-state index in [9.17, 15) is 4.79 Å². The molecule has 0 aromatic heterocycles. The molecule has 1 unspecified atom stereocenters. The Kier molecular flexibility index (Phi) is 7.75. The zero-order chi connectivity index (χ0) is 15.8. The summed E-state index contributed by atoms with van der Waals surface area (Å²) in [6.45, 7) is 10.3. The second kappa shape index (κ2) is 9.05. The summed E-state index contributed by atoms with van der Waals surface area (Å²) in [7, 11) is 0. The standard InChI is InChI=1S/C16H25BrN2O2/c1-5-19-16(20)12(4)21-15-13(7-6-8-14(15)17)10-18-9-11(2)3/h6-8,11-12,18H,5,9-10H2,1-4H3,(H,19,20). The van der Waals surface area contributed by atoms with Crippen molar-refractivity contribution in [1.29, 1.82) is 0 Å². The molecule has 2 N–H and O–H groups in total. The van der Waals surface area contributed by atoms with Gasteiger partial charge in [0.15, 0.2) is 6.10 Å². The molecule has 1 aromatic carbocycles. The largest absolute Gasteiger partial charge is 0.479 e. The van der Waals surface area contributed by atoms with Crippen LogP contribution in [-0.4, -0.2) is 25.1 Å². The van der Waals surface area contributed by atoms with Crippen LogP contribution in [0.25, 0.3) is 0 Å². The molecule has 0 spiro atoms. The van der Waals surface area contributed by atoms with Gasteiger partial charge in [-0.25, -0.2) is 0 Å². The molecule has 118 valence electrons. The molecule has 1 rings (SSSR count). The van der Waals surface area contributed by atoms with E-state index in [2.05, 4.69) is 40.4 Å². The normalized spacial score (nSPS) is 12.3. The highest BCUT2D eigenvalue weighted by atomic mass is 79.9. The lowest BCUT2D eigenvalue weighted by Gasteiger charge is -2.19. The molecule has 0 aliphatic carbocycles. The topological polar surface area (TPSA) is 50.4 Å². The molecule has 0 bridgehead atoms. The van der Waals surface area contributed by atoms with Gasteiger partial charge in [0.2, 0.25) is 0 Å². The average Bonchev–Trinajstić information content (AvgIpc) is 2.42. The average molecular weight is 357 g/mol. The van der Waals surface area contributed by atoms with Crippen LogP contribution in [0.2, 0.25) is 0 Å². The maximum atomic E-state index is 11.8. The SMILES string of the molecule is CCNC(=O)C(C)Oc1c(Br)cccc1CNCC(C)C. The van der Waals surface area contributed by atoms with Crippen LogP contribution in [0.15, 0.2) is 22.7 Å². The van der Waals surface area contributed by atoms with Crippen LogP contribution in [0.5, 0.6) is 5.75 Å². The lowest BCUT2D eigenvalue weighted by Crippen LogP contribution is -2.36. The van der Waals surface area contributed by atoms with Crippen molar-refractivity contribution in [3.63, 3.8) is 0 Å². The van der Waals surface area contributed by atoms with Crippen LogP contribution in [0, 0.1) is 5.92 Å². The molecule has 0 radical (unpaired) electrons. The fourth-order valence-corrected chi connectivity index (χ4v) is 2.37. The Balaban J connectivity index is 2.77. The summed E-state index contributed by atoms with van der Waals surface area (Å²) in [6, 6.07) is 5.91. The van der Waals surface area contributed by atoms with Gasteiger partial charge in [0.25, 0.3) is 5.91 Å². The van der Waals surface area contributed by atoms with Gasteiger partial charge in [-0.2, -0.15) is 0 Å². The van der Waals surface area contributed by atoms with E-state index in [1.165, 1.54) is 0 Å². The Labute approximate surface area is 135 Å². The van der Waals surface area contributed by atoms with Crippen molar-refractivity contribution in [2.45, 2.75) is 40.3 Å². The van der Waals surface area contributed by atoms with Crippen molar-refractivity contribution < 1.29 is 9.53 Å². The van der Waals surface area contributed by atoms with Gasteiger partial charge in [0.1, 0.15) is 5.75 Å². The molecule has 1 atom stereocenters. The predicted molar refractivity (Wildman–Crippen MR) is 89.5 cm³/mol. The molecule has 21 heavy (non-hydrogen) atoms. The zero-order valence-corrected chi connectivity index (χ0v) is 14.8. The number of para-hydroxylation sites is 1. The number of benzene rings is 1. The third-order valence-electron chi connectivity index (χ3n) is 2.93. The second-order valence-electron chi connectivity index (χ2n) is 5.41. The summed E-state index contributed by atoms with van der Waals surface area (Å²) in [5.74, 6) is 1.22. The fraction of sp³-hybridized carbons (Fsp3) is 0.562. The first-order valence-corrected chi connectivity index (χ1v) is 8.17. The van der Waals surface area contributed by atoms with E-state index < -0.39 is 6.10 Å². The van der Waals surface area contributed by atoms with E-state index >= 15 is 0 Å². The Hall–Kier alpha value is -1.07. The molecule has 0 saturated carbocycles. The highest BCUT2D eigenvalue weighted by molar-refractivity contribution is 9.10. The van der Waals surface area contributed by atoms with Crippen molar-refractivity contribution in [3.05, 3.63) is 28.2 Å². The van der Waals surface area contributed by atoms with E-state index in [0.717, 1.165) is 28.9 Å². The van der Waals surface area contributed by atoms with Gasteiger partial charge >= 0.3 is 0 Å². The maximum Gasteiger partial charge on any atom is 0.260 e. The summed E-state index contributed by atoms with van der Waals surface area (Å²) >= 11 is 3.50. The Morgan fingerprint density at radius 2 is 2.05 bits per heavy atom. The quantitative estimate of drug-likeness (QED) is 0.752. The fourth-order valence-electron chi connectivity index (χ4n) is 1.87. The highest BCUT2D eigenvalue weighted by Crippen LogP contribution is 2.30. The van der Waals surface area contributed by atoms with Crippen molar-refractivity contribution in [1.82, 2.24) is 10.6 Å². The lowest BCUT2D eigenvalue weighted by molar-refractivity contribution is -0.127. The minimum absolute atomic E-state index is 0.102. The van der Waals surface area contributed by atoms with Crippen LogP contribution in [0.3, 0.4) is 0 Å². The molecule has 1 aromatic rings. The Morgan fingerprint density at radius 1 is 1.33 bits per heavy atom. The zero-order valence-electron chi connectivity index (χ0n) is 13.2. The van der Waals surface area contributed by atoms with E-state index in [1.54, 1.807) is 6.92 Å². The molecule has 0 saturated heterocycles. The molecule has 0 aliphatic heterocycles. The first-order valence-electron chi connectivity index (χ1n) is 7.38. The van der Waals surface area contributed by atoms with Crippen molar-refractivity contribution in [2.24, 2.45) is 5.92 Å². The molecule has 4 nitrogen and oxygen atoms in total. The smallest absolute Gasteiger partial charge is 0.260 e. The number of halogens is 1. The van der Waals surface area contributed by atoms with Crippen molar-refractivity contribution in [2.75, 3.05) is 13.1 Å². The number of likely N-dealkylation sites (N-methyl/N-ethyl adjacent to an activating group) is 1. The van der Waals surface area contributed by atoms with Gasteiger partial charge in [-0.1, -0.05) is 26.0 Å². The van der Waals surface area contributed by atoms with Gasteiger partial charge in [0.05, 0.1) is 4.47 Å². The Bertz CT molecular complexity index is 464. The summed E-state index contributed by atoms with van der Waals surface area (Å²) in [4.78, 5) is 11.8. The number of carbonyl (C=O) groups excluding carboxylic acids is 1. The van der Waals surface area contributed by atoms with Crippen LogP contribution >= 0.6 is 15.9 Å². The van der Waals surface area contributed by atoms with Gasteiger partial charge in [-0.3, -0.25) is 4.79 Å². The molecule has 5 heteroatoms. The molecular weight excluding hydrogens is 332 g/mol. The monoisotopic (exact) mass is 356 g/mol. The third-order valence-corrected chi connectivity index (χ3v) is 3.56. The molecule has 0 fully saturated rings. The summed E-state index contributed by atoms with van der Waals surface area (Å²) in [5, 5.41) is 6.16. The summed E-state index contributed by atoms with van der Waals surface area (Å²) < 4.78 is 6.71. The molecule has 0 heterocycles. The molecular formula is C16H25BrN2O2. The van der Waals surface area contributed by atoms with Gasteiger partial charge < -0.3 is 15.4 Å². The Morgan fingerprint density at radius 3 is 2.67 bits per heavy atom. The number of nitrogens with one attached hydrogen (secondary N) is 2. The number of rotatable bonds is 8. The van der Waals surface area contributed by atoms with E-state index in [-0.39, 0.29) is 5.91 Å². The van der Waals surface area contributed by atoms with Crippen LogP contribution in [-0.2, 0) is 11.3 Å². The number of ether oxygens (including phenoxy) is 1. The van der Waals surface area contributed by atoms with Gasteiger partial charge in [0, 0.05) is 18.7 Å².